The molecule has 1 aliphatic carbocycles. The Morgan fingerprint density at radius 1 is 1.09 bits per heavy atom. The highest BCUT2D eigenvalue weighted by Gasteiger charge is 2.37. The maximum atomic E-state index is 12.2. The molecule has 6 nitrogen and oxygen atoms in total. The van der Waals surface area contributed by atoms with Crippen LogP contribution in [0, 0.1) is 5.92 Å². The van der Waals surface area contributed by atoms with Gasteiger partial charge in [-0.1, -0.05) is 0 Å². The molecule has 0 bridgehead atoms. The van der Waals surface area contributed by atoms with E-state index in [4.69, 9.17) is 9.47 Å². The zero-order chi connectivity index (χ0) is 15.8. The van der Waals surface area contributed by atoms with E-state index >= 15 is 0 Å². The molecule has 2 atom stereocenters. The standard InChI is InChI=1S/C17H25N3O3/c1-12-10-22-6-4-19(12)14-8-16(18-17(21)9-14)20-5-7-23-11-15(20)13-2-3-13/h8-9,12-13,15H,2-7,10-11H2,1H3,(H,18,21)/t12-,15?/m1/s1. The topological polar surface area (TPSA) is 57.8 Å². The lowest BCUT2D eigenvalue weighted by molar-refractivity contribution is 0.0874. The van der Waals surface area contributed by atoms with Gasteiger partial charge in [0.1, 0.15) is 5.82 Å². The molecule has 126 valence electrons. The molecule has 3 fully saturated rings. The highest BCUT2D eigenvalue weighted by atomic mass is 16.5. The van der Waals surface area contributed by atoms with Crippen molar-refractivity contribution >= 4 is 11.5 Å². The Balaban J connectivity index is 1.64. The van der Waals surface area contributed by atoms with Crippen LogP contribution in [0.15, 0.2) is 16.9 Å². The Morgan fingerprint density at radius 2 is 1.83 bits per heavy atom. The van der Waals surface area contributed by atoms with Crippen LogP contribution in [0.2, 0.25) is 0 Å². The van der Waals surface area contributed by atoms with Crippen molar-refractivity contribution in [1.82, 2.24) is 4.98 Å². The average molecular weight is 319 g/mol. The van der Waals surface area contributed by atoms with Crippen molar-refractivity contribution in [2.24, 2.45) is 5.92 Å². The van der Waals surface area contributed by atoms with Gasteiger partial charge < -0.3 is 24.3 Å². The van der Waals surface area contributed by atoms with E-state index in [1.165, 1.54) is 12.8 Å². The molecule has 2 aliphatic heterocycles. The minimum atomic E-state index is -0.0303. The molecule has 3 aliphatic rings. The minimum absolute atomic E-state index is 0.0303. The van der Waals surface area contributed by atoms with Crippen molar-refractivity contribution in [3.63, 3.8) is 0 Å². The molecule has 6 heteroatoms. The lowest BCUT2D eigenvalue weighted by atomic mass is 10.1. The van der Waals surface area contributed by atoms with Gasteiger partial charge in [-0.3, -0.25) is 4.79 Å². The normalized spacial score (nSPS) is 28.9. The number of hydrogen-bond acceptors (Lipinski definition) is 5. The van der Waals surface area contributed by atoms with E-state index in [0.29, 0.717) is 31.2 Å². The van der Waals surface area contributed by atoms with E-state index < -0.39 is 0 Å². The predicted molar refractivity (Wildman–Crippen MR) is 89.4 cm³/mol. The van der Waals surface area contributed by atoms with Crippen LogP contribution in [0.3, 0.4) is 0 Å². The summed E-state index contributed by atoms with van der Waals surface area (Å²) in [6.07, 6.45) is 2.55. The molecule has 0 amide bonds. The third-order valence-corrected chi connectivity index (χ3v) is 5.16. The molecule has 1 N–H and O–H groups in total. The second-order valence-corrected chi connectivity index (χ2v) is 6.88. The SMILES string of the molecule is C[C@@H]1COCCN1c1cc(N2CCOCC2C2CC2)[nH]c(=O)c1. The number of aromatic amines is 1. The molecule has 2 saturated heterocycles. The fraction of sp³-hybridized carbons (Fsp3) is 0.706. The number of H-pyrrole nitrogens is 1. The van der Waals surface area contributed by atoms with Crippen molar-refractivity contribution in [1.29, 1.82) is 0 Å². The first-order valence-corrected chi connectivity index (χ1v) is 8.65. The van der Waals surface area contributed by atoms with Crippen molar-refractivity contribution < 1.29 is 9.47 Å². The molecule has 3 heterocycles. The van der Waals surface area contributed by atoms with Crippen LogP contribution < -0.4 is 15.4 Å². The maximum Gasteiger partial charge on any atom is 0.251 e. The number of aromatic nitrogens is 1. The smallest absolute Gasteiger partial charge is 0.251 e. The summed E-state index contributed by atoms with van der Waals surface area (Å²) in [5.74, 6) is 1.65. The van der Waals surface area contributed by atoms with Crippen LogP contribution in [-0.4, -0.2) is 56.6 Å². The minimum Gasteiger partial charge on any atom is -0.377 e. The second-order valence-electron chi connectivity index (χ2n) is 6.88. The number of morpholine rings is 2. The van der Waals surface area contributed by atoms with Gasteiger partial charge in [-0.05, 0) is 25.7 Å². The second kappa shape index (κ2) is 6.17. The van der Waals surface area contributed by atoms with E-state index in [0.717, 1.165) is 37.8 Å². The third-order valence-electron chi connectivity index (χ3n) is 5.16. The van der Waals surface area contributed by atoms with E-state index in [-0.39, 0.29) is 5.56 Å². The molecule has 1 aromatic heterocycles. The molecule has 0 radical (unpaired) electrons. The zero-order valence-corrected chi connectivity index (χ0v) is 13.7. The highest BCUT2D eigenvalue weighted by Crippen LogP contribution is 2.38. The average Bonchev–Trinajstić information content (AvgIpc) is 3.39. The number of hydrogen-bond donors (Lipinski definition) is 1. The number of nitrogens with one attached hydrogen (secondary N) is 1. The first-order chi connectivity index (χ1) is 11.2. The van der Waals surface area contributed by atoms with Crippen LogP contribution in [0.25, 0.3) is 0 Å². The number of ether oxygens (including phenoxy) is 2. The van der Waals surface area contributed by atoms with Gasteiger partial charge in [0, 0.05) is 37.0 Å². The molecular weight excluding hydrogens is 294 g/mol. The van der Waals surface area contributed by atoms with E-state index in [1.807, 2.05) is 0 Å². The summed E-state index contributed by atoms with van der Waals surface area (Å²) in [6, 6.07) is 4.53. The first-order valence-electron chi connectivity index (χ1n) is 8.65. The summed E-state index contributed by atoms with van der Waals surface area (Å²) in [7, 11) is 0. The Labute approximate surface area is 136 Å². The number of anilines is 2. The van der Waals surface area contributed by atoms with Gasteiger partial charge in [0.25, 0.3) is 5.56 Å². The summed E-state index contributed by atoms with van der Waals surface area (Å²) in [5, 5.41) is 0. The van der Waals surface area contributed by atoms with Crippen LogP contribution in [0.5, 0.6) is 0 Å². The van der Waals surface area contributed by atoms with E-state index in [2.05, 4.69) is 27.8 Å². The van der Waals surface area contributed by atoms with Crippen molar-refractivity contribution in [3.8, 4) is 0 Å². The molecule has 1 unspecified atom stereocenters. The fourth-order valence-corrected chi connectivity index (χ4v) is 3.74. The third kappa shape index (κ3) is 3.10. The van der Waals surface area contributed by atoms with Crippen molar-refractivity contribution in [3.05, 3.63) is 22.5 Å². The Bertz CT molecular complexity index is 613. The van der Waals surface area contributed by atoms with Gasteiger partial charge in [0.05, 0.1) is 32.5 Å². The predicted octanol–water partition coefficient (Wildman–Crippen LogP) is 1.22. The van der Waals surface area contributed by atoms with Gasteiger partial charge in [-0.15, -0.1) is 0 Å². The molecule has 1 aromatic rings. The van der Waals surface area contributed by atoms with Crippen LogP contribution in [0.4, 0.5) is 11.5 Å². The fourth-order valence-electron chi connectivity index (χ4n) is 3.74. The Morgan fingerprint density at radius 3 is 2.57 bits per heavy atom. The summed E-state index contributed by atoms with van der Waals surface area (Å²) in [5.41, 5.74) is 0.970. The van der Waals surface area contributed by atoms with Gasteiger partial charge in [-0.2, -0.15) is 0 Å². The number of nitrogens with zero attached hydrogens (tertiary/aromatic N) is 2. The Kier molecular flexibility index (Phi) is 4.03. The molecule has 0 aromatic carbocycles. The maximum absolute atomic E-state index is 12.2. The van der Waals surface area contributed by atoms with Crippen molar-refractivity contribution in [2.75, 3.05) is 49.3 Å². The largest absolute Gasteiger partial charge is 0.377 e. The monoisotopic (exact) mass is 319 g/mol. The van der Waals surface area contributed by atoms with Crippen LogP contribution in [0.1, 0.15) is 19.8 Å². The quantitative estimate of drug-likeness (QED) is 0.908. The lowest BCUT2D eigenvalue weighted by Gasteiger charge is -2.39. The van der Waals surface area contributed by atoms with E-state index in [1.54, 1.807) is 6.07 Å². The highest BCUT2D eigenvalue weighted by molar-refractivity contribution is 5.56. The van der Waals surface area contributed by atoms with E-state index in [9.17, 15) is 4.79 Å². The molecule has 0 spiro atoms. The summed E-state index contributed by atoms with van der Waals surface area (Å²) in [6.45, 7) is 6.74. The zero-order valence-electron chi connectivity index (χ0n) is 13.7. The Hall–Kier alpha value is -1.53. The van der Waals surface area contributed by atoms with Crippen LogP contribution >= 0.6 is 0 Å². The molecular formula is C17H25N3O3. The van der Waals surface area contributed by atoms with Gasteiger partial charge >= 0.3 is 0 Å². The van der Waals surface area contributed by atoms with Gasteiger partial charge in [-0.25, -0.2) is 0 Å². The molecule has 23 heavy (non-hydrogen) atoms. The summed E-state index contributed by atoms with van der Waals surface area (Å²) < 4.78 is 11.2. The van der Waals surface area contributed by atoms with Crippen molar-refractivity contribution in [2.45, 2.75) is 31.8 Å². The van der Waals surface area contributed by atoms with Gasteiger partial charge in [0.15, 0.2) is 0 Å². The molecule has 4 rings (SSSR count). The van der Waals surface area contributed by atoms with Gasteiger partial charge in [0.2, 0.25) is 0 Å². The number of pyridine rings is 1. The summed E-state index contributed by atoms with van der Waals surface area (Å²) >= 11 is 0. The van der Waals surface area contributed by atoms with Crippen LogP contribution in [-0.2, 0) is 9.47 Å². The number of rotatable bonds is 3. The lowest BCUT2D eigenvalue weighted by Crippen LogP contribution is -2.48. The molecule has 1 saturated carbocycles. The summed E-state index contributed by atoms with van der Waals surface area (Å²) in [4.78, 5) is 19.9. The first kappa shape index (κ1) is 15.0.